The van der Waals surface area contributed by atoms with Crippen LogP contribution in [0.15, 0.2) is 53.5 Å². The standard InChI is InChI=1S/C21H19FN2O4S2/c1-13(25)15-3-2-4-17(10-15)24-18-11-30(27,28)12-19(18)29-21(24)23-20(26)9-14-5-7-16(22)8-6-14/h2-8,10,18-19H,9,11-12H2,1H3/t18-,19+/m1/s1. The van der Waals surface area contributed by atoms with Gasteiger partial charge in [0.15, 0.2) is 20.8 Å². The van der Waals surface area contributed by atoms with Gasteiger partial charge in [-0.3, -0.25) is 9.59 Å². The number of fused-ring (bicyclic) bond motifs is 1. The first-order valence-corrected chi connectivity index (χ1v) is 12.1. The molecule has 0 bridgehead atoms. The van der Waals surface area contributed by atoms with Crippen molar-refractivity contribution in [3.63, 3.8) is 0 Å². The van der Waals surface area contributed by atoms with Crippen LogP contribution in [0.5, 0.6) is 0 Å². The Bertz CT molecular complexity index is 1150. The summed E-state index contributed by atoms with van der Waals surface area (Å²) in [5.41, 5.74) is 1.77. The zero-order valence-corrected chi connectivity index (χ0v) is 17.7. The minimum atomic E-state index is -3.18. The fraction of sp³-hybridized carbons (Fsp3) is 0.286. The molecule has 2 aliphatic rings. The summed E-state index contributed by atoms with van der Waals surface area (Å²) in [6, 6.07) is 12.2. The molecule has 6 nitrogen and oxygen atoms in total. The third kappa shape index (κ3) is 4.32. The second-order valence-electron chi connectivity index (χ2n) is 7.37. The van der Waals surface area contributed by atoms with Crippen LogP contribution < -0.4 is 4.90 Å². The van der Waals surface area contributed by atoms with Gasteiger partial charge in [-0.25, -0.2) is 12.8 Å². The zero-order chi connectivity index (χ0) is 21.5. The van der Waals surface area contributed by atoms with Crippen molar-refractivity contribution in [2.24, 2.45) is 4.99 Å². The van der Waals surface area contributed by atoms with E-state index in [0.29, 0.717) is 22.0 Å². The summed E-state index contributed by atoms with van der Waals surface area (Å²) in [6.07, 6.45) is 0.0132. The SMILES string of the molecule is CC(=O)c1cccc(N2C(=NC(=O)Cc3ccc(F)cc3)S[C@H]3CS(=O)(=O)C[C@H]32)c1. The van der Waals surface area contributed by atoms with Crippen LogP contribution in [-0.4, -0.2) is 48.1 Å². The number of rotatable bonds is 4. The first kappa shape index (κ1) is 20.7. The van der Waals surface area contributed by atoms with E-state index in [1.807, 2.05) is 0 Å². The van der Waals surface area contributed by atoms with Crippen LogP contribution in [0.25, 0.3) is 0 Å². The van der Waals surface area contributed by atoms with Crippen molar-refractivity contribution in [3.05, 3.63) is 65.5 Å². The fourth-order valence-corrected chi connectivity index (χ4v) is 7.60. The molecule has 4 rings (SSSR count). The molecule has 0 aliphatic carbocycles. The largest absolute Gasteiger partial charge is 0.316 e. The maximum Gasteiger partial charge on any atom is 0.252 e. The summed E-state index contributed by atoms with van der Waals surface area (Å²) >= 11 is 1.27. The number of nitrogens with zero attached hydrogens (tertiary/aromatic N) is 2. The Morgan fingerprint density at radius 2 is 1.90 bits per heavy atom. The van der Waals surface area contributed by atoms with Crippen molar-refractivity contribution >= 4 is 44.1 Å². The van der Waals surface area contributed by atoms with Crippen LogP contribution in [0, 0.1) is 5.82 Å². The van der Waals surface area contributed by atoms with Gasteiger partial charge < -0.3 is 4.90 Å². The number of benzene rings is 2. The lowest BCUT2D eigenvalue weighted by molar-refractivity contribution is -0.117. The quantitative estimate of drug-likeness (QED) is 0.672. The van der Waals surface area contributed by atoms with E-state index in [9.17, 15) is 22.4 Å². The predicted octanol–water partition coefficient (Wildman–Crippen LogP) is 2.87. The van der Waals surface area contributed by atoms with Gasteiger partial charge in [0.2, 0.25) is 0 Å². The van der Waals surface area contributed by atoms with Crippen LogP contribution in [0.4, 0.5) is 10.1 Å². The zero-order valence-electron chi connectivity index (χ0n) is 16.1. The predicted molar refractivity (Wildman–Crippen MR) is 115 cm³/mol. The monoisotopic (exact) mass is 446 g/mol. The Morgan fingerprint density at radius 3 is 2.60 bits per heavy atom. The number of aliphatic imine (C=N–C) groups is 1. The lowest BCUT2D eigenvalue weighted by atomic mass is 10.1. The average molecular weight is 447 g/mol. The van der Waals surface area contributed by atoms with Crippen LogP contribution in [-0.2, 0) is 21.1 Å². The van der Waals surface area contributed by atoms with E-state index < -0.39 is 15.7 Å². The Hall–Kier alpha value is -2.52. The lowest BCUT2D eigenvalue weighted by Gasteiger charge is -2.24. The van der Waals surface area contributed by atoms with Gasteiger partial charge >= 0.3 is 0 Å². The number of Topliss-reactive ketones (excluding diaryl/α,β-unsaturated/α-hetero) is 1. The van der Waals surface area contributed by atoms with Crippen molar-refractivity contribution in [2.75, 3.05) is 16.4 Å². The van der Waals surface area contributed by atoms with Crippen LogP contribution in [0.2, 0.25) is 0 Å². The Kier molecular flexibility index (Phi) is 5.50. The number of anilines is 1. The van der Waals surface area contributed by atoms with Crippen LogP contribution in [0.3, 0.4) is 0 Å². The second-order valence-corrected chi connectivity index (χ2v) is 10.7. The van der Waals surface area contributed by atoms with Gasteiger partial charge in [-0.15, -0.1) is 0 Å². The Balaban J connectivity index is 1.66. The van der Waals surface area contributed by atoms with E-state index >= 15 is 0 Å². The molecule has 2 saturated heterocycles. The first-order valence-electron chi connectivity index (χ1n) is 9.35. The number of thioether (sulfide) groups is 1. The molecule has 0 saturated carbocycles. The van der Waals surface area contributed by atoms with E-state index in [0.717, 1.165) is 0 Å². The molecule has 156 valence electrons. The van der Waals surface area contributed by atoms with Gasteiger partial charge in [0.25, 0.3) is 5.91 Å². The smallest absolute Gasteiger partial charge is 0.252 e. The summed E-state index contributed by atoms with van der Waals surface area (Å²) in [4.78, 5) is 30.4. The third-order valence-corrected chi connectivity index (χ3v) is 8.30. The Morgan fingerprint density at radius 1 is 1.17 bits per heavy atom. The molecule has 1 amide bonds. The molecular weight excluding hydrogens is 427 g/mol. The molecule has 9 heteroatoms. The number of ketones is 1. The molecule has 2 aromatic carbocycles. The second kappa shape index (κ2) is 7.96. The average Bonchev–Trinajstić information content (AvgIpc) is 3.14. The topological polar surface area (TPSA) is 83.9 Å². The van der Waals surface area contributed by atoms with Crippen molar-refractivity contribution < 1.29 is 22.4 Å². The number of amidine groups is 1. The molecule has 0 spiro atoms. The molecule has 30 heavy (non-hydrogen) atoms. The van der Waals surface area contributed by atoms with E-state index in [1.54, 1.807) is 29.2 Å². The van der Waals surface area contributed by atoms with Gasteiger partial charge in [0.1, 0.15) is 5.82 Å². The summed E-state index contributed by atoms with van der Waals surface area (Å²) in [6.45, 7) is 1.46. The van der Waals surface area contributed by atoms with E-state index in [1.165, 1.54) is 43.0 Å². The van der Waals surface area contributed by atoms with Crippen molar-refractivity contribution in [1.29, 1.82) is 0 Å². The highest BCUT2D eigenvalue weighted by Crippen LogP contribution is 2.41. The van der Waals surface area contributed by atoms with Gasteiger partial charge in [0.05, 0.1) is 24.0 Å². The number of carbonyl (C=O) groups is 2. The molecule has 2 atom stereocenters. The van der Waals surface area contributed by atoms with E-state index in [-0.39, 0.29) is 40.8 Å². The van der Waals surface area contributed by atoms with Crippen molar-refractivity contribution in [3.8, 4) is 0 Å². The van der Waals surface area contributed by atoms with E-state index in [2.05, 4.69) is 4.99 Å². The third-order valence-electron chi connectivity index (χ3n) is 5.09. The maximum absolute atomic E-state index is 13.1. The minimum Gasteiger partial charge on any atom is -0.316 e. The summed E-state index contributed by atoms with van der Waals surface area (Å²) in [7, 11) is -3.18. The molecule has 2 aliphatic heterocycles. The van der Waals surface area contributed by atoms with Crippen LogP contribution in [0.1, 0.15) is 22.8 Å². The summed E-state index contributed by atoms with van der Waals surface area (Å²) in [5.74, 6) is -0.893. The number of carbonyl (C=O) groups excluding carboxylic acids is 2. The van der Waals surface area contributed by atoms with Crippen LogP contribution >= 0.6 is 11.8 Å². The summed E-state index contributed by atoms with van der Waals surface area (Å²) in [5, 5.41) is 0.195. The summed E-state index contributed by atoms with van der Waals surface area (Å²) < 4.78 is 37.4. The minimum absolute atomic E-state index is 0.0132. The number of halogens is 1. The Labute approximate surface area is 178 Å². The number of hydrogen-bond acceptors (Lipinski definition) is 5. The molecule has 0 unspecified atom stereocenters. The molecule has 0 radical (unpaired) electrons. The first-order chi connectivity index (χ1) is 14.2. The fourth-order valence-electron chi connectivity index (χ4n) is 3.66. The highest BCUT2D eigenvalue weighted by atomic mass is 32.2. The van der Waals surface area contributed by atoms with Crippen molar-refractivity contribution in [1.82, 2.24) is 0 Å². The van der Waals surface area contributed by atoms with Gasteiger partial charge in [0, 0.05) is 16.5 Å². The molecule has 2 fully saturated rings. The maximum atomic E-state index is 13.1. The van der Waals surface area contributed by atoms with Gasteiger partial charge in [-0.05, 0) is 36.8 Å². The number of hydrogen-bond donors (Lipinski definition) is 0. The molecular formula is C21H19FN2O4S2. The lowest BCUT2D eigenvalue weighted by Crippen LogP contribution is -2.37. The van der Waals surface area contributed by atoms with Gasteiger partial charge in [-0.2, -0.15) is 4.99 Å². The molecule has 2 heterocycles. The highest BCUT2D eigenvalue weighted by molar-refractivity contribution is 8.16. The van der Waals surface area contributed by atoms with E-state index in [4.69, 9.17) is 0 Å². The molecule has 2 aromatic rings. The van der Waals surface area contributed by atoms with Crippen molar-refractivity contribution in [2.45, 2.75) is 24.6 Å². The highest BCUT2D eigenvalue weighted by Gasteiger charge is 2.49. The number of sulfone groups is 1. The van der Waals surface area contributed by atoms with Gasteiger partial charge in [-0.1, -0.05) is 36.0 Å². The normalized spacial score (nSPS) is 23.5. The molecule has 0 aromatic heterocycles. The number of amides is 1. The molecule has 0 N–H and O–H groups in total.